The molecule has 102 valence electrons. The van der Waals surface area contributed by atoms with Gasteiger partial charge in [-0.25, -0.2) is 0 Å². The van der Waals surface area contributed by atoms with Gasteiger partial charge < -0.3 is 0 Å². The van der Waals surface area contributed by atoms with E-state index in [0.29, 0.717) is 17.8 Å². The van der Waals surface area contributed by atoms with Crippen LogP contribution in [0.3, 0.4) is 0 Å². The second-order valence-corrected chi connectivity index (χ2v) is 5.98. The molecule has 0 N–H and O–H groups in total. The molecule has 20 heavy (non-hydrogen) atoms. The van der Waals surface area contributed by atoms with Crippen molar-refractivity contribution in [2.24, 2.45) is 17.8 Å². The summed E-state index contributed by atoms with van der Waals surface area (Å²) in [4.78, 5) is 0. The summed E-state index contributed by atoms with van der Waals surface area (Å²) in [6.45, 7) is 4.47. The summed E-state index contributed by atoms with van der Waals surface area (Å²) < 4.78 is 0. The number of benzene rings is 1. The molecule has 0 saturated carbocycles. The molecule has 0 radical (unpaired) electrons. The molecule has 2 unspecified atom stereocenters. The van der Waals surface area contributed by atoms with Crippen molar-refractivity contribution in [3.05, 3.63) is 83.5 Å². The molecule has 0 heterocycles. The highest BCUT2D eigenvalue weighted by molar-refractivity contribution is 5.36. The summed E-state index contributed by atoms with van der Waals surface area (Å²) in [5.74, 6) is 1.69. The molecule has 1 aromatic carbocycles. The highest BCUT2D eigenvalue weighted by Gasteiger charge is 2.27. The van der Waals surface area contributed by atoms with Crippen molar-refractivity contribution < 1.29 is 0 Å². The third kappa shape index (κ3) is 2.70. The summed E-state index contributed by atoms with van der Waals surface area (Å²) in [5.41, 5.74) is 4.29. The molecular weight excluding hydrogens is 240 g/mol. The number of rotatable bonds is 2. The van der Waals surface area contributed by atoms with Gasteiger partial charge in [0.05, 0.1) is 0 Å². The highest BCUT2D eigenvalue weighted by atomic mass is 14.3. The number of hydrogen-bond donors (Lipinski definition) is 0. The zero-order valence-electron chi connectivity index (χ0n) is 12.3. The van der Waals surface area contributed by atoms with E-state index in [9.17, 15) is 0 Å². The van der Waals surface area contributed by atoms with Gasteiger partial charge in [-0.3, -0.25) is 0 Å². The summed E-state index contributed by atoms with van der Waals surface area (Å²) >= 11 is 0. The average Bonchev–Trinajstić information content (AvgIpc) is 2.69. The minimum absolute atomic E-state index is 0.531. The first kappa shape index (κ1) is 13.2. The van der Waals surface area contributed by atoms with Gasteiger partial charge in [0.15, 0.2) is 0 Å². The molecule has 1 aromatic rings. The van der Waals surface area contributed by atoms with Crippen LogP contribution in [0.25, 0.3) is 0 Å². The third-order valence-electron chi connectivity index (χ3n) is 4.59. The van der Waals surface area contributed by atoms with Crippen LogP contribution in [0.15, 0.2) is 77.9 Å². The molecule has 0 amide bonds. The van der Waals surface area contributed by atoms with Gasteiger partial charge in [-0.05, 0) is 43.6 Å². The van der Waals surface area contributed by atoms with E-state index in [1.54, 1.807) is 0 Å². The Morgan fingerprint density at radius 2 is 1.35 bits per heavy atom. The SMILES string of the molecule is CC1=CC2C=CC=CC(C=C1C)C2Cc1ccccc1. The molecule has 0 aliphatic heterocycles. The standard InChI is InChI=1S/C20H22/c1-15-12-18-10-6-7-11-19(13-16(15)2)20(18)14-17-8-4-3-5-9-17/h3-13,18-20H,14H2,1-2H3. The van der Waals surface area contributed by atoms with Crippen molar-refractivity contribution in [2.45, 2.75) is 20.3 Å². The average molecular weight is 262 g/mol. The fraction of sp³-hybridized carbons (Fsp3) is 0.300. The Hall–Kier alpha value is -1.82. The molecule has 2 bridgehead atoms. The van der Waals surface area contributed by atoms with Crippen LogP contribution in [0.2, 0.25) is 0 Å². The van der Waals surface area contributed by atoms with E-state index in [2.05, 4.69) is 80.6 Å². The van der Waals surface area contributed by atoms with Gasteiger partial charge in [0, 0.05) is 0 Å². The van der Waals surface area contributed by atoms with Crippen LogP contribution in [0, 0.1) is 17.8 Å². The van der Waals surface area contributed by atoms with Crippen molar-refractivity contribution in [3.63, 3.8) is 0 Å². The molecule has 0 heteroatoms. The lowest BCUT2D eigenvalue weighted by molar-refractivity contribution is 0.393. The predicted molar refractivity (Wildman–Crippen MR) is 86.4 cm³/mol. The first-order chi connectivity index (χ1) is 9.74. The summed E-state index contributed by atoms with van der Waals surface area (Å²) in [6, 6.07) is 10.9. The van der Waals surface area contributed by atoms with Crippen LogP contribution < -0.4 is 0 Å². The largest absolute Gasteiger partial charge is 0.0773 e. The first-order valence-electron chi connectivity index (χ1n) is 7.50. The lowest BCUT2D eigenvalue weighted by Crippen LogP contribution is -2.20. The van der Waals surface area contributed by atoms with Crippen LogP contribution in [0.1, 0.15) is 19.4 Å². The van der Waals surface area contributed by atoms with E-state index in [-0.39, 0.29) is 0 Å². The topological polar surface area (TPSA) is 0 Å². The van der Waals surface area contributed by atoms with Crippen molar-refractivity contribution in [2.75, 3.05) is 0 Å². The van der Waals surface area contributed by atoms with Crippen LogP contribution in [0.4, 0.5) is 0 Å². The second-order valence-electron chi connectivity index (χ2n) is 5.98. The Morgan fingerprint density at radius 3 is 1.90 bits per heavy atom. The van der Waals surface area contributed by atoms with Gasteiger partial charge in [0.2, 0.25) is 0 Å². The molecule has 0 spiro atoms. The zero-order chi connectivity index (χ0) is 13.9. The van der Waals surface area contributed by atoms with Gasteiger partial charge in [0.1, 0.15) is 0 Å². The van der Waals surface area contributed by atoms with E-state index in [1.165, 1.54) is 16.7 Å². The Balaban J connectivity index is 1.96. The lowest BCUT2D eigenvalue weighted by Gasteiger charge is -2.25. The molecule has 2 aliphatic rings. The Kier molecular flexibility index (Phi) is 3.73. The summed E-state index contributed by atoms with van der Waals surface area (Å²) in [6.07, 6.45) is 15.2. The molecule has 0 saturated heterocycles. The van der Waals surface area contributed by atoms with E-state index in [1.807, 2.05) is 0 Å². The van der Waals surface area contributed by atoms with E-state index in [4.69, 9.17) is 0 Å². The van der Waals surface area contributed by atoms with Crippen LogP contribution in [-0.4, -0.2) is 0 Å². The molecule has 0 nitrogen and oxygen atoms in total. The fourth-order valence-electron chi connectivity index (χ4n) is 3.28. The van der Waals surface area contributed by atoms with Crippen molar-refractivity contribution in [1.82, 2.24) is 0 Å². The lowest BCUT2D eigenvalue weighted by atomic mass is 9.78. The van der Waals surface area contributed by atoms with Gasteiger partial charge in [-0.2, -0.15) is 0 Å². The molecular formula is C20H22. The molecule has 0 aromatic heterocycles. The monoisotopic (exact) mass is 262 g/mol. The Labute approximate surface area is 122 Å². The van der Waals surface area contributed by atoms with Crippen molar-refractivity contribution in [3.8, 4) is 0 Å². The maximum atomic E-state index is 2.45. The van der Waals surface area contributed by atoms with Gasteiger partial charge in [-0.1, -0.05) is 77.9 Å². The van der Waals surface area contributed by atoms with Gasteiger partial charge in [0.25, 0.3) is 0 Å². The Bertz CT molecular complexity index is 550. The molecule has 2 atom stereocenters. The number of fused-ring (bicyclic) bond motifs is 2. The first-order valence-corrected chi connectivity index (χ1v) is 7.50. The smallest absolute Gasteiger partial charge is 0.000447 e. The molecule has 3 rings (SSSR count). The fourth-order valence-corrected chi connectivity index (χ4v) is 3.28. The predicted octanol–water partition coefficient (Wildman–Crippen LogP) is 5.11. The van der Waals surface area contributed by atoms with E-state index < -0.39 is 0 Å². The second kappa shape index (κ2) is 5.66. The van der Waals surface area contributed by atoms with Crippen molar-refractivity contribution in [1.29, 1.82) is 0 Å². The van der Waals surface area contributed by atoms with Gasteiger partial charge in [-0.15, -0.1) is 0 Å². The van der Waals surface area contributed by atoms with Crippen molar-refractivity contribution >= 4 is 0 Å². The third-order valence-corrected chi connectivity index (χ3v) is 4.59. The minimum atomic E-state index is 0.531. The normalized spacial score (nSPS) is 28.4. The van der Waals surface area contributed by atoms with Gasteiger partial charge >= 0.3 is 0 Å². The summed E-state index contributed by atoms with van der Waals surface area (Å²) in [5, 5.41) is 0. The minimum Gasteiger partial charge on any atom is -0.0773 e. The summed E-state index contributed by atoms with van der Waals surface area (Å²) in [7, 11) is 0. The van der Waals surface area contributed by atoms with Crippen LogP contribution >= 0.6 is 0 Å². The zero-order valence-corrected chi connectivity index (χ0v) is 12.3. The molecule has 2 aliphatic carbocycles. The van der Waals surface area contributed by atoms with E-state index >= 15 is 0 Å². The highest BCUT2D eigenvalue weighted by Crippen LogP contribution is 2.36. The maximum Gasteiger partial charge on any atom is -0.000447 e. The number of allylic oxidation sites excluding steroid dienone is 8. The molecule has 0 fully saturated rings. The quantitative estimate of drug-likeness (QED) is 0.694. The van der Waals surface area contributed by atoms with Crippen LogP contribution in [-0.2, 0) is 6.42 Å². The Morgan fingerprint density at radius 1 is 0.800 bits per heavy atom. The van der Waals surface area contributed by atoms with Crippen LogP contribution in [0.5, 0.6) is 0 Å². The number of hydrogen-bond acceptors (Lipinski definition) is 0. The van der Waals surface area contributed by atoms with E-state index in [0.717, 1.165) is 6.42 Å². The maximum absolute atomic E-state index is 2.45.